The minimum absolute atomic E-state index is 0.0183. The normalized spacial score (nSPS) is 12.8. The first-order valence-corrected chi connectivity index (χ1v) is 14.0. The van der Waals surface area contributed by atoms with Crippen LogP contribution in [0.4, 0.5) is 21.0 Å². The quantitative estimate of drug-likeness (QED) is 0.129. The number of methoxy groups -OCH3 is 2. The molecule has 3 aromatic carbocycles. The van der Waals surface area contributed by atoms with E-state index < -0.39 is 32.1 Å². The Morgan fingerprint density at radius 1 is 0.595 bits per heavy atom. The molecule has 0 bridgehead atoms. The van der Waals surface area contributed by atoms with Crippen molar-refractivity contribution in [2.45, 2.75) is 20.0 Å². The van der Waals surface area contributed by atoms with Gasteiger partial charge in [-0.25, -0.2) is 9.59 Å². The standard InChI is InChI=1S/C26H24Cl6N4O6/c1-39-17-11-7-15(8-12-17)33-23(37)35-21(25(27,28)29)41-19-5-3-4-6-20(19)42-22(26(30,31)32)36-24(38)34-16-9-13-18(40-2)14-10-16/h3-14,21-22H,1-2H3,(H2,33,35,37)(H2,34,36,38). The molecule has 0 saturated heterocycles. The van der Waals surface area contributed by atoms with E-state index in [0.717, 1.165) is 0 Å². The van der Waals surface area contributed by atoms with Crippen LogP contribution < -0.4 is 40.2 Å². The first-order valence-electron chi connectivity index (χ1n) is 11.8. The van der Waals surface area contributed by atoms with Crippen molar-refractivity contribution in [3.05, 3.63) is 72.8 Å². The summed E-state index contributed by atoms with van der Waals surface area (Å²) in [5.74, 6) is 1.16. The fraction of sp³-hybridized carbons (Fsp3) is 0.231. The number of amides is 4. The summed E-state index contributed by atoms with van der Waals surface area (Å²) < 4.78 is 17.5. The number of hydrogen-bond acceptors (Lipinski definition) is 6. The summed E-state index contributed by atoms with van der Waals surface area (Å²) in [6.45, 7) is 0. The second kappa shape index (κ2) is 15.0. The fourth-order valence-corrected chi connectivity index (χ4v) is 3.77. The van der Waals surface area contributed by atoms with Crippen LogP contribution >= 0.6 is 69.6 Å². The van der Waals surface area contributed by atoms with Crippen molar-refractivity contribution in [2.24, 2.45) is 0 Å². The van der Waals surface area contributed by atoms with Gasteiger partial charge in [-0.2, -0.15) is 0 Å². The van der Waals surface area contributed by atoms with Crippen LogP contribution in [0.25, 0.3) is 0 Å². The molecule has 42 heavy (non-hydrogen) atoms. The molecule has 10 nitrogen and oxygen atoms in total. The lowest BCUT2D eigenvalue weighted by molar-refractivity contribution is 0.140. The van der Waals surface area contributed by atoms with Crippen LogP contribution in [-0.2, 0) is 0 Å². The Hall–Kier alpha value is -2.86. The molecule has 16 heteroatoms. The Balaban J connectivity index is 1.73. The first kappa shape index (κ1) is 33.6. The summed E-state index contributed by atoms with van der Waals surface area (Å²) in [4.78, 5) is 25.3. The topological polar surface area (TPSA) is 119 Å². The highest BCUT2D eigenvalue weighted by Crippen LogP contribution is 2.38. The summed E-state index contributed by atoms with van der Waals surface area (Å²) in [6.07, 6.45) is -3.05. The summed E-state index contributed by atoms with van der Waals surface area (Å²) in [5, 5.41) is 10.1. The van der Waals surface area contributed by atoms with E-state index in [1.165, 1.54) is 26.4 Å². The molecule has 0 radical (unpaired) electrons. The second-order valence-corrected chi connectivity index (χ2v) is 12.9. The highest BCUT2D eigenvalue weighted by molar-refractivity contribution is 6.68. The Bertz CT molecular complexity index is 1230. The van der Waals surface area contributed by atoms with E-state index in [9.17, 15) is 9.59 Å². The molecule has 0 aromatic heterocycles. The van der Waals surface area contributed by atoms with Crippen LogP contribution in [-0.4, -0.2) is 46.3 Å². The molecule has 4 amide bonds. The number of ether oxygens (including phenoxy) is 4. The molecule has 3 aromatic rings. The largest absolute Gasteiger partial charge is 0.497 e. The van der Waals surface area contributed by atoms with Gasteiger partial charge in [-0.15, -0.1) is 0 Å². The highest BCUT2D eigenvalue weighted by atomic mass is 35.6. The van der Waals surface area contributed by atoms with Crippen molar-refractivity contribution in [1.29, 1.82) is 0 Å². The number of para-hydroxylation sites is 2. The lowest BCUT2D eigenvalue weighted by atomic mass is 10.3. The molecule has 0 spiro atoms. The van der Waals surface area contributed by atoms with Crippen LogP contribution in [0.3, 0.4) is 0 Å². The lowest BCUT2D eigenvalue weighted by Crippen LogP contribution is -2.50. The molecule has 0 aliphatic heterocycles. The molecule has 0 fully saturated rings. The Morgan fingerprint density at radius 3 is 1.21 bits per heavy atom. The van der Waals surface area contributed by atoms with Gasteiger partial charge in [0.15, 0.2) is 11.5 Å². The smallest absolute Gasteiger partial charge is 0.322 e. The molecular weight excluding hydrogens is 677 g/mol. The number of halogens is 6. The van der Waals surface area contributed by atoms with E-state index in [4.69, 9.17) is 88.6 Å². The SMILES string of the molecule is COc1ccc(NC(=O)NC(Oc2ccccc2OC(NC(=O)Nc2ccc(OC)cc2)C(Cl)(Cl)Cl)C(Cl)(Cl)Cl)cc1. The van der Waals surface area contributed by atoms with E-state index in [1.54, 1.807) is 60.7 Å². The number of rotatable bonds is 10. The summed E-state index contributed by atoms with van der Waals surface area (Å²) in [6, 6.07) is 17.6. The summed E-state index contributed by atoms with van der Waals surface area (Å²) >= 11 is 36.6. The van der Waals surface area contributed by atoms with Crippen LogP contribution in [0, 0.1) is 0 Å². The zero-order valence-electron chi connectivity index (χ0n) is 21.8. The average Bonchev–Trinajstić information content (AvgIpc) is 2.93. The Kier molecular flexibility index (Phi) is 12.0. The number of urea groups is 2. The van der Waals surface area contributed by atoms with E-state index in [-0.39, 0.29) is 11.5 Å². The van der Waals surface area contributed by atoms with Crippen molar-refractivity contribution in [3.63, 3.8) is 0 Å². The van der Waals surface area contributed by atoms with Gasteiger partial charge in [0.05, 0.1) is 14.2 Å². The van der Waals surface area contributed by atoms with Crippen molar-refractivity contribution in [3.8, 4) is 23.0 Å². The predicted molar refractivity (Wildman–Crippen MR) is 166 cm³/mol. The van der Waals surface area contributed by atoms with Gasteiger partial charge in [-0.3, -0.25) is 10.6 Å². The third kappa shape index (κ3) is 10.4. The maximum Gasteiger partial charge on any atom is 0.322 e. The van der Waals surface area contributed by atoms with Crippen molar-refractivity contribution in [1.82, 2.24) is 10.6 Å². The number of carbonyl (C=O) groups excluding carboxylic acids is 2. The zero-order valence-corrected chi connectivity index (χ0v) is 26.3. The fourth-order valence-electron chi connectivity index (χ4n) is 3.18. The highest BCUT2D eigenvalue weighted by Gasteiger charge is 2.39. The monoisotopic (exact) mass is 698 g/mol. The number of anilines is 2. The van der Waals surface area contributed by atoms with Crippen LogP contribution in [0.1, 0.15) is 0 Å². The maximum atomic E-state index is 12.7. The van der Waals surface area contributed by atoms with Crippen molar-refractivity contribution in [2.75, 3.05) is 24.9 Å². The van der Waals surface area contributed by atoms with E-state index in [2.05, 4.69) is 21.3 Å². The molecule has 3 rings (SSSR count). The molecule has 0 aliphatic carbocycles. The number of benzene rings is 3. The number of nitrogens with one attached hydrogen (secondary N) is 4. The number of hydrogen-bond donors (Lipinski definition) is 4. The molecular formula is C26H24Cl6N4O6. The van der Waals surface area contributed by atoms with Gasteiger partial charge in [0.1, 0.15) is 11.5 Å². The Labute approximate surface area is 271 Å². The number of alkyl halides is 6. The second-order valence-electron chi connectivity index (χ2n) is 8.18. The van der Waals surface area contributed by atoms with Gasteiger partial charge in [0.2, 0.25) is 20.0 Å². The molecule has 0 aliphatic rings. The van der Waals surface area contributed by atoms with Crippen LogP contribution in [0.15, 0.2) is 72.8 Å². The molecule has 0 heterocycles. The predicted octanol–water partition coefficient (Wildman–Crippen LogP) is 7.50. The van der Waals surface area contributed by atoms with Crippen molar-refractivity contribution < 1.29 is 28.5 Å². The summed E-state index contributed by atoms with van der Waals surface area (Å²) in [5.41, 5.74) is 0.870. The van der Waals surface area contributed by atoms with Gasteiger partial charge in [-0.05, 0) is 60.7 Å². The Morgan fingerprint density at radius 2 is 0.929 bits per heavy atom. The third-order valence-corrected chi connectivity index (χ3v) is 6.34. The maximum absolute atomic E-state index is 12.7. The first-order chi connectivity index (χ1) is 19.8. The average molecular weight is 701 g/mol. The van der Waals surface area contributed by atoms with Gasteiger partial charge in [0.25, 0.3) is 0 Å². The zero-order chi connectivity index (χ0) is 30.9. The van der Waals surface area contributed by atoms with E-state index in [1.807, 2.05) is 0 Å². The molecule has 0 saturated carbocycles. The van der Waals surface area contributed by atoms with E-state index >= 15 is 0 Å². The van der Waals surface area contributed by atoms with E-state index in [0.29, 0.717) is 22.9 Å². The van der Waals surface area contributed by atoms with Crippen LogP contribution in [0.2, 0.25) is 0 Å². The third-order valence-electron chi connectivity index (χ3n) is 5.15. The van der Waals surface area contributed by atoms with Crippen molar-refractivity contribution >= 4 is 93.0 Å². The summed E-state index contributed by atoms with van der Waals surface area (Å²) in [7, 11) is 3.03. The minimum Gasteiger partial charge on any atom is -0.497 e. The molecule has 2 unspecified atom stereocenters. The van der Waals surface area contributed by atoms with Gasteiger partial charge in [0, 0.05) is 11.4 Å². The molecule has 2 atom stereocenters. The van der Waals surface area contributed by atoms with Gasteiger partial charge < -0.3 is 29.6 Å². The van der Waals surface area contributed by atoms with Gasteiger partial charge in [-0.1, -0.05) is 81.7 Å². The lowest BCUT2D eigenvalue weighted by Gasteiger charge is -2.29. The minimum atomic E-state index is -2.14. The number of carbonyl (C=O) groups is 2. The molecule has 226 valence electrons. The van der Waals surface area contributed by atoms with Crippen LogP contribution in [0.5, 0.6) is 23.0 Å². The molecule has 4 N–H and O–H groups in total. The van der Waals surface area contributed by atoms with Gasteiger partial charge >= 0.3 is 12.1 Å².